The second kappa shape index (κ2) is 12.1. The predicted octanol–water partition coefficient (Wildman–Crippen LogP) is 3.85. The minimum absolute atomic E-state index is 0.184. The van der Waals surface area contributed by atoms with Gasteiger partial charge in [-0.1, -0.05) is 19.9 Å². The first-order valence-electron chi connectivity index (χ1n) is 12.6. The van der Waals surface area contributed by atoms with E-state index in [0.717, 1.165) is 67.7 Å². The van der Waals surface area contributed by atoms with Crippen LogP contribution in [-0.4, -0.2) is 72.6 Å². The van der Waals surface area contributed by atoms with Crippen LogP contribution in [0.1, 0.15) is 37.7 Å². The van der Waals surface area contributed by atoms with Crippen molar-refractivity contribution in [1.82, 2.24) is 25.1 Å². The van der Waals surface area contributed by atoms with Crippen LogP contribution in [0.5, 0.6) is 17.2 Å². The summed E-state index contributed by atoms with van der Waals surface area (Å²) >= 11 is 0. The number of nitrogens with zero attached hydrogens (tertiary/aromatic N) is 6. The van der Waals surface area contributed by atoms with Gasteiger partial charge in [-0.15, -0.1) is 5.10 Å². The first kappa shape index (κ1) is 25.8. The van der Waals surface area contributed by atoms with Gasteiger partial charge in [0.15, 0.2) is 17.3 Å². The Bertz CT molecular complexity index is 1090. The van der Waals surface area contributed by atoms with Gasteiger partial charge in [-0.05, 0) is 71.1 Å². The number of hydrogen-bond acceptors (Lipinski definition) is 8. The molecule has 0 spiro atoms. The van der Waals surface area contributed by atoms with Crippen LogP contribution >= 0.6 is 0 Å². The van der Waals surface area contributed by atoms with Crippen LogP contribution in [0.4, 0.5) is 5.69 Å². The Morgan fingerprint density at radius 1 is 0.861 bits per heavy atom. The SMILES string of the molecule is COc1ccc(N2CCN([C@H](CC(C)C)c3nnnn3CCc3ccc(OC)c(OC)c3)CC2)cc1. The highest BCUT2D eigenvalue weighted by molar-refractivity contribution is 5.49. The van der Waals surface area contributed by atoms with Gasteiger partial charge >= 0.3 is 0 Å². The van der Waals surface area contributed by atoms with E-state index < -0.39 is 0 Å². The van der Waals surface area contributed by atoms with Crippen molar-refractivity contribution >= 4 is 5.69 Å². The van der Waals surface area contributed by atoms with Crippen LogP contribution in [0.15, 0.2) is 42.5 Å². The maximum Gasteiger partial charge on any atom is 0.168 e. The van der Waals surface area contributed by atoms with Gasteiger partial charge in [0.1, 0.15) is 5.75 Å². The largest absolute Gasteiger partial charge is 0.497 e. The van der Waals surface area contributed by atoms with Gasteiger partial charge in [-0.3, -0.25) is 4.90 Å². The van der Waals surface area contributed by atoms with E-state index in [9.17, 15) is 0 Å². The Kier molecular flexibility index (Phi) is 8.64. The van der Waals surface area contributed by atoms with Crippen LogP contribution in [0.2, 0.25) is 0 Å². The number of anilines is 1. The average molecular weight is 495 g/mol. The Morgan fingerprint density at radius 3 is 2.22 bits per heavy atom. The first-order chi connectivity index (χ1) is 17.5. The highest BCUT2D eigenvalue weighted by atomic mass is 16.5. The van der Waals surface area contributed by atoms with Crippen molar-refractivity contribution in [3.05, 3.63) is 53.9 Å². The molecule has 0 amide bonds. The summed E-state index contributed by atoms with van der Waals surface area (Å²) in [6.45, 7) is 9.09. The zero-order valence-electron chi connectivity index (χ0n) is 22.1. The number of hydrogen-bond donors (Lipinski definition) is 0. The third-order valence-corrected chi connectivity index (χ3v) is 6.81. The molecule has 1 aliphatic heterocycles. The smallest absolute Gasteiger partial charge is 0.168 e. The molecule has 36 heavy (non-hydrogen) atoms. The molecule has 9 nitrogen and oxygen atoms in total. The zero-order chi connectivity index (χ0) is 25.5. The van der Waals surface area contributed by atoms with Gasteiger partial charge in [0.2, 0.25) is 0 Å². The predicted molar refractivity (Wildman–Crippen MR) is 140 cm³/mol. The van der Waals surface area contributed by atoms with E-state index in [0.29, 0.717) is 12.5 Å². The van der Waals surface area contributed by atoms with E-state index in [1.807, 2.05) is 28.9 Å². The monoisotopic (exact) mass is 494 g/mol. The molecule has 3 aromatic rings. The summed E-state index contributed by atoms with van der Waals surface area (Å²) in [4.78, 5) is 4.97. The van der Waals surface area contributed by atoms with Crippen LogP contribution in [-0.2, 0) is 13.0 Å². The number of aromatic nitrogens is 4. The van der Waals surface area contributed by atoms with Gasteiger partial charge < -0.3 is 19.1 Å². The molecule has 4 rings (SSSR count). The van der Waals surface area contributed by atoms with Gasteiger partial charge in [-0.25, -0.2) is 4.68 Å². The molecule has 1 atom stereocenters. The van der Waals surface area contributed by atoms with Crippen molar-refractivity contribution in [3.8, 4) is 17.2 Å². The second-order valence-corrected chi connectivity index (χ2v) is 9.57. The summed E-state index contributed by atoms with van der Waals surface area (Å²) in [6.07, 6.45) is 1.82. The Labute approximate surface area is 213 Å². The highest BCUT2D eigenvalue weighted by Gasteiger charge is 2.30. The molecule has 1 fully saturated rings. The van der Waals surface area contributed by atoms with Gasteiger partial charge in [0.05, 0.1) is 27.4 Å². The third kappa shape index (κ3) is 6.07. The lowest BCUT2D eigenvalue weighted by Gasteiger charge is -2.40. The molecule has 0 saturated carbocycles. The molecular weight excluding hydrogens is 456 g/mol. The quantitative estimate of drug-likeness (QED) is 0.398. The fourth-order valence-corrected chi connectivity index (χ4v) is 4.83. The molecule has 2 heterocycles. The van der Waals surface area contributed by atoms with Crippen molar-refractivity contribution in [2.75, 3.05) is 52.4 Å². The highest BCUT2D eigenvalue weighted by Crippen LogP contribution is 2.30. The van der Waals surface area contributed by atoms with Crippen LogP contribution in [0, 0.1) is 5.92 Å². The van der Waals surface area contributed by atoms with E-state index in [4.69, 9.17) is 14.2 Å². The van der Waals surface area contributed by atoms with E-state index in [-0.39, 0.29) is 6.04 Å². The Hall–Kier alpha value is -3.33. The number of aryl methyl sites for hydroxylation is 2. The summed E-state index contributed by atoms with van der Waals surface area (Å²) in [5.41, 5.74) is 2.39. The molecule has 0 aliphatic carbocycles. The third-order valence-electron chi connectivity index (χ3n) is 6.81. The average Bonchev–Trinajstić information content (AvgIpc) is 3.38. The molecular formula is C27H38N6O3. The van der Waals surface area contributed by atoms with Crippen molar-refractivity contribution < 1.29 is 14.2 Å². The van der Waals surface area contributed by atoms with Gasteiger partial charge in [-0.2, -0.15) is 0 Å². The van der Waals surface area contributed by atoms with Gasteiger partial charge in [0, 0.05) is 38.4 Å². The fourth-order valence-electron chi connectivity index (χ4n) is 4.83. The first-order valence-corrected chi connectivity index (χ1v) is 12.6. The fraction of sp³-hybridized carbons (Fsp3) is 0.519. The van der Waals surface area contributed by atoms with Gasteiger partial charge in [0.25, 0.3) is 0 Å². The normalized spacial score (nSPS) is 15.2. The molecule has 9 heteroatoms. The molecule has 1 aromatic heterocycles. The number of methoxy groups -OCH3 is 3. The summed E-state index contributed by atoms with van der Waals surface area (Å²) in [5.74, 6) is 3.83. The van der Waals surface area contributed by atoms with E-state index in [1.165, 1.54) is 5.69 Å². The lowest BCUT2D eigenvalue weighted by atomic mass is 10.0. The number of tetrazole rings is 1. The van der Waals surface area contributed by atoms with Crippen molar-refractivity contribution in [3.63, 3.8) is 0 Å². The van der Waals surface area contributed by atoms with E-state index in [2.05, 4.69) is 57.4 Å². The number of rotatable bonds is 11. The van der Waals surface area contributed by atoms with Crippen molar-refractivity contribution in [2.45, 2.75) is 39.3 Å². The standard InChI is InChI=1S/C27H38N6O3/c1-20(2)18-24(32-16-14-31(15-17-32)22-7-9-23(34-3)10-8-22)27-28-29-30-33(27)13-12-21-6-11-25(35-4)26(19-21)36-5/h6-11,19-20,24H,12-18H2,1-5H3/t24-/m1/s1. The topological polar surface area (TPSA) is 77.8 Å². The van der Waals surface area contributed by atoms with Crippen LogP contribution < -0.4 is 19.1 Å². The lowest BCUT2D eigenvalue weighted by molar-refractivity contribution is 0.152. The maximum absolute atomic E-state index is 5.46. The Balaban J connectivity index is 1.44. The van der Waals surface area contributed by atoms with Crippen LogP contribution in [0.3, 0.4) is 0 Å². The van der Waals surface area contributed by atoms with Crippen molar-refractivity contribution in [1.29, 1.82) is 0 Å². The lowest BCUT2D eigenvalue weighted by Crippen LogP contribution is -2.48. The summed E-state index contributed by atoms with van der Waals surface area (Å²) < 4.78 is 18.1. The molecule has 0 bridgehead atoms. The molecule has 1 aliphatic rings. The number of piperazine rings is 1. The zero-order valence-corrected chi connectivity index (χ0v) is 22.1. The molecule has 1 saturated heterocycles. The van der Waals surface area contributed by atoms with E-state index in [1.54, 1.807) is 21.3 Å². The number of ether oxygens (including phenoxy) is 3. The molecule has 0 radical (unpaired) electrons. The maximum atomic E-state index is 5.46. The minimum Gasteiger partial charge on any atom is -0.497 e. The van der Waals surface area contributed by atoms with Crippen LogP contribution in [0.25, 0.3) is 0 Å². The van der Waals surface area contributed by atoms with E-state index >= 15 is 0 Å². The summed E-state index contributed by atoms with van der Waals surface area (Å²) in [7, 11) is 5.01. The molecule has 0 N–H and O–H groups in total. The number of benzene rings is 2. The molecule has 2 aromatic carbocycles. The second-order valence-electron chi connectivity index (χ2n) is 9.57. The summed E-state index contributed by atoms with van der Waals surface area (Å²) in [6, 6.07) is 14.5. The molecule has 194 valence electrons. The Morgan fingerprint density at radius 2 is 1.58 bits per heavy atom. The summed E-state index contributed by atoms with van der Waals surface area (Å²) in [5, 5.41) is 12.9. The molecule has 0 unspecified atom stereocenters. The minimum atomic E-state index is 0.184. The van der Waals surface area contributed by atoms with Crippen molar-refractivity contribution in [2.24, 2.45) is 5.92 Å².